The van der Waals surface area contributed by atoms with Crippen molar-refractivity contribution >= 4 is 75.4 Å². The summed E-state index contributed by atoms with van der Waals surface area (Å²) in [7, 11) is 1.71. The minimum Gasteiger partial charge on any atom is -0.507 e. The molecule has 0 spiro atoms. The molecule has 0 saturated carbocycles. The molecule has 121 heavy (non-hydrogen) atoms. The van der Waals surface area contributed by atoms with Crippen LogP contribution in [0, 0.1) is 0 Å². The van der Waals surface area contributed by atoms with Crippen LogP contribution < -0.4 is 18.9 Å². The van der Waals surface area contributed by atoms with E-state index in [2.05, 4.69) is 221 Å². The average molecular weight is 1580 g/mol. The smallest absolute Gasteiger partial charge is 0.320 e. The van der Waals surface area contributed by atoms with Gasteiger partial charge in [0.1, 0.15) is 23.0 Å². The first-order valence-electron chi connectivity index (χ1n) is 40.2. The van der Waals surface area contributed by atoms with Gasteiger partial charge in [0.2, 0.25) is 0 Å². The second kappa shape index (κ2) is 33.2. The van der Waals surface area contributed by atoms with Crippen LogP contribution in [-0.4, -0.2) is 85.6 Å². The lowest BCUT2D eigenvalue weighted by atomic mass is 9.85. The monoisotopic (exact) mass is 1580 g/mol. The third-order valence-corrected chi connectivity index (χ3v) is 21.2. The Hall–Kier alpha value is -15.6. The first kappa shape index (κ1) is 76.7. The Bertz CT molecular complexity index is 7280. The largest absolute Gasteiger partial charge is 0.507 e. The summed E-state index contributed by atoms with van der Waals surface area (Å²) in [6, 6.07) is 110. The summed E-state index contributed by atoms with van der Waals surface area (Å²) in [4.78, 5) is 42.3. The van der Waals surface area contributed by atoms with Crippen LogP contribution in [0.4, 0.5) is 0 Å². The number of ether oxygens (including phenoxy) is 4. The van der Waals surface area contributed by atoms with Gasteiger partial charge >= 0.3 is 18.0 Å². The Morgan fingerprint density at radius 1 is 0.223 bits per heavy atom. The fraction of sp³-hybridized carbons (Fsp3) is 0.0952. The maximum atomic E-state index is 10.6. The zero-order valence-electron chi connectivity index (χ0n) is 67.4. The molecule has 0 fully saturated rings. The van der Waals surface area contributed by atoms with Crippen LogP contribution in [0.1, 0.15) is 41.5 Å². The minimum atomic E-state index is -0.145. The third kappa shape index (κ3) is 15.3. The lowest BCUT2D eigenvalue weighted by molar-refractivity contribution is 0.221. The van der Waals surface area contributed by atoms with E-state index in [0.717, 1.165) is 93.2 Å². The quantitative estimate of drug-likeness (QED) is 0.0571. The number of aromatic hydroxyl groups is 3. The molecule has 0 atom stereocenters. The standard InChI is InChI=1S/C39H31N3O3.C34H25N3O2.C32H25N3O2/c1-24(2)45-39-41-37(40-38(42-39)30-17-9-11-19-33(30)43)26-21-22-29-32(23-26)35(25-13-5-4-6-14-25)27-15-7-8-16-28(27)36(29)31-18-10-12-20-34(31)44-3;1-20(2)39-34-36-32(35-33(37-34)28-10-6-7-11-29(28)38)27-19-15-23-13-17-25-24(21-8-4-3-5-9-21)16-12-22-14-18-26(27)31(23)30(22)25;1-20(2)37-32-34-30(26-16-8-9-18-28(26)36)33-31(35-32)27-19-22-13-10-17-23(21-11-4-3-5-12-21)29(22)25-15-7-6-14-24(25)27/h4-24,43H,1-3H3;3-20,38H,1-2H3;3-20,36H,1-2H3. The summed E-state index contributed by atoms with van der Waals surface area (Å²) >= 11 is 0. The summed E-state index contributed by atoms with van der Waals surface area (Å²) < 4.78 is 23.7. The van der Waals surface area contributed by atoms with Crippen LogP contribution in [0.25, 0.3) is 188 Å². The van der Waals surface area contributed by atoms with Gasteiger partial charge in [-0.3, -0.25) is 0 Å². The number of methoxy groups -OCH3 is 1. The average Bonchev–Trinajstić information content (AvgIpc) is 0.745. The molecule has 0 radical (unpaired) electrons. The highest BCUT2D eigenvalue weighted by atomic mass is 16.5. The molecule has 588 valence electrons. The van der Waals surface area contributed by atoms with E-state index in [1.807, 2.05) is 108 Å². The topological polar surface area (TPSA) is 214 Å². The van der Waals surface area contributed by atoms with E-state index in [4.69, 9.17) is 48.9 Å². The van der Waals surface area contributed by atoms with Gasteiger partial charge in [-0.25, -0.2) is 15.0 Å². The highest BCUT2D eigenvalue weighted by Crippen LogP contribution is 2.49. The summed E-state index contributed by atoms with van der Waals surface area (Å²) in [6.07, 6.45) is -0.377. The molecule has 0 unspecified atom stereocenters. The van der Waals surface area contributed by atoms with Gasteiger partial charge in [0.25, 0.3) is 0 Å². The molecule has 0 bridgehead atoms. The predicted molar refractivity (Wildman–Crippen MR) is 486 cm³/mol. The number of benzene rings is 17. The van der Waals surface area contributed by atoms with E-state index in [-0.39, 0.29) is 53.6 Å². The number of para-hydroxylation sites is 4. The van der Waals surface area contributed by atoms with E-state index in [9.17, 15) is 15.3 Å². The molecule has 0 aliphatic heterocycles. The second-order valence-electron chi connectivity index (χ2n) is 30.2. The molecule has 0 amide bonds. The zero-order chi connectivity index (χ0) is 82.8. The number of phenols is 3. The normalized spacial score (nSPS) is 11.4. The number of aromatic nitrogens is 9. The van der Waals surface area contributed by atoms with Crippen molar-refractivity contribution in [3.63, 3.8) is 0 Å². The minimum absolute atomic E-state index is 0.0861. The van der Waals surface area contributed by atoms with Gasteiger partial charge in [-0.1, -0.05) is 267 Å². The Morgan fingerprint density at radius 2 is 0.595 bits per heavy atom. The third-order valence-electron chi connectivity index (χ3n) is 21.2. The molecule has 3 N–H and O–H groups in total. The molecule has 0 aliphatic rings. The fourth-order valence-electron chi connectivity index (χ4n) is 16.0. The first-order valence-corrected chi connectivity index (χ1v) is 40.2. The van der Waals surface area contributed by atoms with E-state index >= 15 is 0 Å². The van der Waals surface area contributed by atoms with Crippen LogP contribution >= 0.6 is 0 Å². The molecular weight excluding hydrogens is 1500 g/mol. The highest BCUT2D eigenvalue weighted by Gasteiger charge is 2.26. The number of nitrogens with zero attached hydrogens (tertiary/aromatic N) is 9. The molecule has 3 heterocycles. The van der Waals surface area contributed by atoms with Crippen LogP contribution in [0.3, 0.4) is 0 Å². The van der Waals surface area contributed by atoms with Crippen molar-refractivity contribution in [3.05, 3.63) is 328 Å². The van der Waals surface area contributed by atoms with Crippen LogP contribution in [0.2, 0.25) is 0 Å². The Kier molecular flexibility index (Phi) is 21.1. The molecule has 20 rings (SSSR count). The van der Waals surface area contributed by atoms with E-state index in [1.54, 1.807) is 61.7 Å². The van der Waals surface area contributed by atoms with Crippen molar-refractivity contribution in [2.75, 3.05) is 7.11 Å². The molecule has 0 aliphatic carbocycles. The van der Waals surface area contributed by atoms with E-state index in [1.165, 1.54) is 49.2 Å². The van der Waals surface area contributed by atoms with Gasteiger partial charge in [0, 0.05) is 27.8 Å². The molecule has 17 aromatic carbocycles. The van der Waals surface area contributed by atoms with Gasteiger partial charge in [-0.15, -0.1) is 0 Å². The molecule has 20 aromatic rings. The van der Waals surface area contributed by atoms with Crippen molar-refractivity contribution in [1.29, 1.82) is 0 Å². The molecule has 3 aromatic heterocycles. The summed E-state index contributed by atoms with van der Waals surface area (Å²) in [5.41, 5.74) is 13.2. The first-order chi connectivity index (χ1) is 59.2. The lowest BCUT2D eigenvalue weighted by Crippen LogP contribution is -2.10. The summed E-state index contributed by atoms with van der Waals surface area (Å²) in [5, 5.41) is 47.5. The maximum Gasteiger partial charge on any atom is 0.320 e. The van der Waals surface area contributed by atoms with Gasteiger partial charge in [0.05, 0.1) is 42.1 Å². The van der Waals surface area contributed by atoms with Gasteiger partial charge in [0.15, 0.2) is 34.9 Å². The molecule has 0 saturated heterocycles. The van der Waals surface area contributed by atoms with Gasteiger partial charge < -0.3 is 34.3 Å². The van der Waals surface area contributed by atoms with Crippen molar-refractivity contribution in [3.8, 4) is 154 Å². The van der Waals surface area contributed by atoms with Gasteiger partial charge in [-0.05, 0) is 211 Å². The molecular formula is C105H81N9O7. The van der Waals surface area contributed by atoms with E-state index in [0.29, 0.717) is 51.6 Å². The predicted octanol–water partition coefficient (Wildman–Crippen LogP) is 25.3. The Labute approximate surface area is 698 Å². The van der Waals surface area contributed by atoms with Crippen molar-refractivity contribution in [2.24, 2.45) is 0 Å². The summed E-state index contributed by atoms with van der Waals surface area (Å²) in [5.74, 6) is 3.61. The number of hydrogen-bond acceptors (Lipinski definition) is 16. The van der Waals surface area contributed by atoms with Crippen molar-refractivity contribution < 1.29 is 34.3 Å². The molecule has 16 nitrogen and oxygen atoms in total. The van der Waals surface area contributed by atoms with Crippen LogP contribution in [-0.2, 0) is 0 Å². The number of phenolic OH excluding ortho intramolecular Hbond substituents is 3. The van der Waals surface area contributed by atoms with Crippen molar-refractivity contribution in [1.82, 2.24) is 44.9 Å². The summed E-state index contributed by atoms with van der Waals surface area (Å²) in [6.45, 7) is 11.6. The number of fused-ring (bicyclic) bond motifs is 5. The zero-order valence-corrected chi connectivity index (χ0v) is 67.4. The SMILES string of the molecule is CC(C)Oc1nc(-c2ccccc2O)nc(-c2cc3cccc(-c4ccccc4)c3c3ccccc23)n1.CC(C)Oc1nc(-c2ccccc2O)nc(-c2ccc3ccc4c(-c5ccccc5)ccc5ccc2c3c54)n1.COc1ccccc1-c1c2ccccc2c(-c2ccccc2)c2cc(-c3nc(OC(C)C)nc(-c4ccccc4O)n3)ccc12. The highest BCUT2D eigenvalue weighted by molar-refractivity contribution is 6.28. The number of hydrogen-bond donors (Lipinski definition) is 3. The Morgan fingerprint density at radius 3 is 1.11 bits per heavy atom. The second-order valence-corrected chi connectivity index (χ2v) is 30.2. The van der Waals surface area contributed by atoms with Crippen molar-refractivity contribution in [2.45, 2.75) is 59.9 Å². The Balaban J connectivity index is 0.000000125. The fourth-order valence-corrected chi connectivity index (χ4v) is 16.0. The maximum absolute atomic E-state index is 10.6. The van der Waals surface area contributed by atoms with Gasteiger partial charge in [-0.2, -0.15) is 29.9 Å². The molecule has 16 heteroatoms. The van der Waals surface area contributed by atoms with E-state index < -0.39 is 0 Å². The van der Waals surface area contributed by atoms with Crippen LogP contribution in [0.15, 0.2) is 328 Å². The van der Waals surface area contributed by atoms with Crippen LogP contribution in [0.5, 0.6) is 41.0 Å². The lowest BCUT2D eigenvalue weighted by Gasteiger charge is -2.19. The number of rotatable bonds is 17.